The van der Waals surface area contributed by atoms with Crippen LogP contribution in [0.4, 0.5) is 11.4 Å². The van der Waals surface area contributed by atoms with E-state index in [1.54, 1.807) is 0 Å². The lowest BCUT2D eigenvalue weighted by atomic mass is 9.92. The summed E-state index contributed by atoms with van der Waals surface area (Å²) in [5.74, 6) is -0.825. The normalized spacial score (nSPS) is 20.9. The number of amides is 2. The lowest BCUT2D eigenvalue weighted by Crippen LogP contribution is -2.47. The number of likely N-dealkylation sites (tertiary alicyclic amines) is 1. The third-order valence-electron chi connectivity index (χ3n) is 3.76. The van der Waals surface area contributed by atoms with Crippen molar-refractivity contribution in [3.63, 3.8) is 0 Å². The Morgan fingerprint density at radius 3 is 2.48 bits per heavy atom. The van der Waals surface area contributed by atoms with Gasteiger partial charge in [-0.05, 0) is 24.3 Å². The van der Waals surface area contributed by atoms with Gasteiger partial charge in [-0.2, -0.15) is 0 Å². The number of hydrogen-bond acceptors (Lipinski definition) is 4. The largest absolute Gasteiger partial charge is 0.334 e. The number of nitrogens with zero attached hydrogens (tertiary/aromatic N) is 2. The van der Waals surface area contributed by atoms with E-state index in [0.29, 0.717) is 24.9 Å². The standard InChI is InChI=1S/C15H18ClN3O4/c1-9-5-10(2)8-18(7-9)15(21)14(20)17-13-6-11(19(22)23)3-4-12(13)16/h3-4,6,9-10H,5,7-8H2,1-2H3,(H,17,20). The Morgan fingerprint density at radius 1 is 1.30 bits per heavy atom. The smallest absolute Gasteiger partial charge is 0.313 e. The first-order valence-electron chi connectivity index (χ1n) is 7.32. The van der Waals surface area contributed by atoms with Crippen LogP contribution in [0.15, 0.2) is 18.2 Å². The first-order valence-corrected chi connectivity index (χ1v) is 7.70. The average Bonchev–Trinajstić information content (AvgIpc) is 2.47. The van der Waals surface area contributed by atoms with Crippen molar-refractivity contribution in [3.05, 3.63) is 33.3 Å². The van der Waals surface area contributed by atoms with E-state index in [0.717, 1.165) is 12.5 Å². The van der Waals surface area contributed by atoms with Gasteiger partial charge in [0, 0.05) is 25.2 Å². The van der Waals surface area contributed by atoms with Gasteiger partial charge >= 0.3 is 11.8 Å². The molecule has 2 rings (SSSR count). The van der Waals surface area contributed by atoms with Crippen molar-refractivity contribution in [2.45, 2.75) is 20.3 Å². The summed E-state index contributed by atoms with van der Waals surface area (Å²) < 4.78 is 0. The molecule has 2 atom stereocenters. The van der Waals surface area contributed by atoms with Crippen molar-refractivity contribution in [3.8, 4) is 0 Å². The third kappa shape index (κ3) is 4.19. The zero-order chi connectivity index (χ0) is 17.1. The number of halogens is 1. The lowest BCUT2D eigenvalue weighted by Gasteiger charge is -2.34. The summed E-state index contributed by atoms with van der Waals surface area (Å²) >= 11 is 5.92. The molecule has 1 fully saturated rings. The fourth-order valence-electron chi connectivity index (χ4n) is 2.87. The summed E-state index contributed by atoms with van der Waals surface area (Å²) in [6.07, 6.45) is 1.02. The van der Waals surface area contributed by atoms with Gasteiger partial charge in [0.2, 0.25) is 0 Å². The van der Waals surface area contributed by atoms with Gasteiger partial charge in [-0.25, -0.2) is 0 Å². The summed E-state index contributed by atoms with van der Waals surface area (Å²) in [4.78, 5) is 36.1. The highest BCUT2D eigenvalue weighted by molar-refractivity contribution is 6.41. The summed E-state index contributed by atoms with van der Waals surface area (Å²) in [7, 11) is 0. The summed E-state index contributed by atoms with van der Waals surface area (Å²) in [5.41, 5.74) is -0.158. The van der Waals surface area contributed by atoms with Crippen LogP contribution in [0.25, 0.3) is 0 Å². The van der Waals surface area contributed by atoms with Crippen LogP contribution in [0, 0.1) is 22.0 Å². The van der Waals surface area contributed by atoms with Gasteiger partial charge in [-0.1, -0.05) is 25.4 Å². The number of hydrogen-bond donors (Lipinski definition) is 1. The number of rotatable bonds is 2. The molecule has 0 spiro atoms. The van der Waals surface area contributed by atoms with Gasteiger partial charge in [-0.15, -0.1) is 0 Å². The molecule has 2 amide bonds. The summed E-state index contributed by atoms with van der Waals surface area (Å²) in [6.45, 7) is 5.12. The molecule has 8 heteroatoms. The third-order valence-corrected chi connectivity index (χ3v) is 4.09. The van der Waals surface area contributed by atoms with E-state index < -0.39 is 16.7 Å². The molecular formula is C15H18ClN3O4. The van der Waals surface area contributed by atoms with Crippen LogP contribution >= 0.6 is 11.6 Å². The monoisotopic (exact) mass is 339 g/mol. The zero-order valence-corrected chi connectivity index (χ0v) is 13.7. The van der Waals surface area contributed by atoms with Gasteiger partial charge < -0.3 is 10.2 Å². The van der Waals surface area contributed by atoms with Crippen molar-refractivity contribution >= 4 is 34.8 Å². The molecule has 0 bridgehead atoms. The minimum Gasteiger partial charge on any atom is -0.334 e. The lowest BCUT2D eigenvalue weighted by molar-refractivity contribution is -0.384. The molecule has 124 valence electrons. The maximum Gasteiger partial charge on any atom is 0.313 e. The van der Waals surface area contributed by atoms with E-state index in [1.165, 1.54) is 17.0 Å². The molecular weight excluding hydrogens is 322 g/mol. The van der Waals surface area contributed by atoms with Gasteiger partial charge in [-0.3, -0.25) is 19.7 Å². The summed E-state index contributed by atoms with van der Waals surface area (Å²) in [6, 6.07) is 3.67. The van der Waals surface area contributed by atoms with E-state index >= 15 is 0 Å². The Labute approximate surface area is 138 Å². The van der Waals surface area contributed by atoms with Crippen molar-refractivity contribution in [2.75, 3.05) is 18.4 Å². The molecule has 1 saturated heterocycles. The van der Waals surface area contributed by atoms with Gasteiger partial charge in [0.1, 0.15) is 0 Å². The minimum atomic E-state index is -0.839. The molecule has 7 nitrogen and oxygen atoms in total. The van der Waals surface area contributed by atoms with Gasteiger partial charge in [0.25, 0.3) is 5.69 Å². The molecule has 0 radical (unpaired) electrons. The number of nitro groups is 1. The topological polar surface area (TPSA) is 92.6 Å². The van der Waals surface area contributed by atoms with Crippen molar-refractivity contribution < 1.29 is 14.5 Å². The molecule has 1 aromatic carbocycles. The van der Waals surface area contributed by atoms with Crippen molar-refractivity contribution in [1.29, 1.82) is 0 Å². The minimum absolute atomic E-state index is 0.0531. The Kier molecular flexibility index (Phi) is 5.20. The van der Waals surface area contributed by atoms with Crippen LogP contribution in [0.5, 0.6) is 0 Å². The Hall–Kier alpha value is -2.15. The highest BCUT2D eigenvalue weighted by Gasteiger charge is 2.29. The molecule has 1 aliphatic heterocycles. The molecule has 23 heavy (non-hydrogen) atoms. The van der Waals surface area contributed by atoms with E-state index in [2.05, 4.69) is 5.32 Å². The van der Waals surface area contributed by atoms with E-state index in [9.17, 15) is 19.7 Å². The summed E-state index contributed by atoms with van der Waals surface area (Å²) in [5, 5.41) is 13.3. The number of anilines is 1. The van der Waals surface area contributed by atoms with Crippen LogP contribution in [0.1, 0.15) is 20.3 Å². The van der Waals surface area contributed by atoms with Gasteiger partial charge in [0.05, 0.1) is 15.6 Å². The molecule has 1 aromatic rings. The van der Waals surface area contributed by atoms with Crippen LogP contribution in [0.3, 0.4) is 0 Å². The number of benzene rings is 1. The molecule has 2 unspecified atom stereocenters. The fourth-order valence-corrected chi connectivity index (χ4v) is 3.04. The van der Waals surface area contributed by atoms with Crippen LogP contribution in [0.2, 0.25) is 5.02 Å². The Balaban J connectivity index is 2.11. The molecule has 1 N–H and O–H groups in total. The zero-order valence-electron chi connectivity index (χ0n) is 12.9. The molecule has 0 saturated carbocycles. The second-order valence-electron chi connectivity index (χ2n) is 6.03. The van der Waals surface area contributed by atoms with E-state index in [1.807, 2.05) is 13.8 Å². The first kappa shape index (κ1) is 17.2. The predicted octanol–water partition coefficient (Wildman–Crippen LogP) is 2.69. The second kappa shape index (κ2) is 6.95. The predicted molar refractivity (Wildman–Crippen MR) is 86.3 cm³/mol. The van der Waals surface area contributed by atoms with Crippen LogP contribution in [-0.2, 0) is 9.59 Å². The number of piperidine rings is 1. The number of carbonyl (C=O) groups is 2. The van der Waals surface area contributed by atoms with Crippen LogP contribution in [-0.4, -0.2) is 34.7 Å². The number of non-ortho nitro benzene ring substituents is 1. The quantitative estimate of drug-likeness (QED) is 0.509. The van der Waals surface area contributed by atoms with E-state index in [-0.39, 0.29) is 16.4 Å². The van der Waals surface area contributed by atoms with Crippen LogP contribution < -0.4 is 5.32 Å². The Morgan fingerprint density at radius 2 is 1.91 bits per heavy atom. The fraction of sp³-hybridized carbons (Fsp3) is 0.467. The first-order chi connectivity index (χ1) is 10.8. The van der Waals surface area contributed by atoms with Crippen molar-refractivity contribution in [1.82, 2.24) is 4.90 Å². The highest BCUT2D eigenvalue weighted by atomic mass is 35.5. The maximum absolute atomic E-state index is 12.3. The second-order valence-corrected chi connectivity index (χ2v) is 6.44. The number of carbonyl (C=O) groups excluding carboxylic acids is 2. The molecule has 0 aliphatic carbocycles. The Bertz CT molecular complexity index is 640. The molecule has 1 aliphatic rings. The maximum atomic E-state index is 12.3. The SMILES string of the molecule is CC1CC(C)CN(C(=O)C(=O)Nc2cc([N+](=O)[O-])ccc2Cl)C1. The van der Waals surface area contributed by atoms with E-state index in [4.69, 9.17) is 11.6 Å². The highest BCUT2D eigenvalue weighted by Crippen LogP contribution is 2.27. The molecule has 1 heterocycles. The van der Waals surface area contributed by atoms with Crippen molar-refractivity contribution in [2.24, 2.45) is 11.8 Å². The number of nitrogens with one attached hydrogen (secondary N) is 1. The van der Waals surface area contributed by atoms with Gasteiger partial charge in [0.15, 0.2) is 0 Å². The molecule has 0 aromatic heterocycles. The average molecular weight is 340 g/mol. The number of nitro benzene ring substituents is 1.